The molecule has 1 saturated heterocycles. The Balaban J connectivity index is 1.48. The lowest BCUT2D eigenvalue weighted by Gasteiger charge is -2.26. The fourth-order valence-electron chi connectivity index (χ4n) is 4.54. The predicted octanol–water partition coefficient (Wildman–Crippen LogP) is 4.73. The third-order valence-electron chi connectivity index (χ3n) is 6.61. The van der Waals surface area contributed by atoms with E-state index in [1.54, 1.807) is 7.05 Å². The second kappa shape index (κ2) is 11.1. The van der Waals surface area contributed by atoms with Gasteiger partial charge < -0.3 is 25.7 Å². The van der Waals surface area contributed by atoms with Crippen LogP contribution in [0, 0.1) is 0 Å². The number of nitrogens with zero attached hydrogens (tertiary/aromatic N) is 1. The van der Waals surface area contributed by atoms with E-state index in [0.717, 1.165) is 67.8 Å². The van der Waals surface area contributed by atoms with E-state index in [1.807, 2.05) is 51.1 Å². The van der Waals surface area contributed by atoms with Gasteiger partial charge in [-0.3, -0.25) is 9.69 Å². The minimum absolute atomic E-state index is 0.201. The van der Waals surface area contributed by atoms with Crippen molar-refractivity contribution in [3.05, 3.63) is 59.4 Å². The van der Waals surface area contributed by atoms with Gasteiger partial charge >= 0.3 is 6.03 Å². The molecule has 0 saturated carbocycles. The Kier molecular flexibility index (Phi) is 7.96. The number of amides is 3. The van der Waals surface area contributed by atoms with E-state index in [-0.39, 0.29) is 11.3 Å². The van der Waals surface area contributed by atoms with Crippen LogP contribution < -0.4 is 16.0 Å². The number of morpholine rings is 1. The number of rotatable bonds is 7. The van der Waals surface area contributed by atoms with E-state index >= 15 is 0 Å². The molecular weight excluding hydrogens is 454 g/mol. The largest absolute Gasteiger partial charge is 0.379 e. The highest BCUT2D eigenvalue weighted by molar-refractivity contribution is 6.09. The second-order valence-electron chi connectivity index (χ2n) is 10.3. The second-order valence-corrected chi connectivity index (χ2v) is 10.3. The first-order valence-electron chi connectivity index (χ1n) is 12.6. The van der Waals surface area contributed by atoms with Gasteiger partial charge in [0.2, 0.25) is 0 Å². The lowest BCUT2D eigenvalue weighted by atomic mass is 9.92. The predicted molar refractivity (Wildman–Crippen MR) is 145 cm³/mol. The van der Waals surface area contributed by atoms with Gasteiger partial charge in [-0.1, -0.05) is 51.1 Å². The van der Waals surface area contributed by atoms with Crippen molar-refractivity contribution >= 4 is 34.1 Å². The molecule has 1 aliphatic rings. The number of urea groups is 1. The molecule has 8 nitrogen and oxygen atoms in total. The van der Waals surface area contributed by atoms with Crippen LogP contribution in [0.3, 0.4) is 0 Å². The molecule has 4 N–H and O–H groups in total. The normalized spacial score (nSPS) is 14.6. The van der Waals surface area contributed by atoms with Crippen molar-refractivity contribution < 1.29 is 14.3 Å². The molecule has 4 rings (SSSR count). The van der Waals surface area contributed by atoms with E-state index in [0.29, 0.717) is 11.4 Å². The van der Waals surface area contributed by atoms with Crippen LogP contribution in [0.2, 0.25) is 0 Å². The fraction of sp³-hybridized carbons (Fsp3) is 0.429. The summed E-state index contributed by atoms with van der Waals surface area (Å²) in [4.78, 5) is 31.0. The lowest BCUT2D eigenvalue weighted by molar-refractivity contribution is 0.0375. The van der Waals surface area contributed by atoms with Gasteiger partial charge in [-0.05, 0) is 42.5 Å². The molecule has 3 amide bonds. The number of hydrogen-bond donors (Lipinski definition) is 4. The number of nitrogens with one attached hydrogen (secondary N) is 4. The van der Waals surface area contributed by atoms with E-state index in [4.69, 9.17) is 4.74 Å². The van der Waals surface area contributed by atoms with Gasteiger partial charge in [-0.25, -0.2) is 4.79 Å². The fourth-order valence-corrected chi connectivity index (χ4v) is 4.54. The van der Waals surface area contributed by atoms with Crippen LogP contribution in [0.5, 0.6) is 0 Å². The quantitative estimate of drug-likeness (QED) is 0.384. The first kappa shape index (κ1) is 25.7. The van der Waals surface area contributed by atoms with Crippen LogP contribution in [0.1, 0.15) is 48.9 Å². The zero-order chi connectivity index (χ0) is 25.7. The van der Waals surface area contributed by atoms with Crippen LogP contribution in [-0.4, -0.2) is 61.7 Å². The summed E-state index contributed by atoms with van der Waals surface area (Å²) in [7, 11) is 1.57. The average Bonchev–Trinajstić information content (AvgIpc) is 3.29. The molecule has 1 aromatic heterocycles. The third kappa shape index (κ3) is 6.06. The molecule has 36 heavy (non-hydrogen) atoms. The Morgan fingerprint density at radius 3 is 2.39 bits per heavy atom. The first-order valence-corrected chi connectivity index (χ1v) is 12.6. The molecule has 0 bridgehead atoms. The van der Waals surface area contributed by atoms with Crippen molar-refractivity contribution in [3.8, 4) is 0 Å². The Hall–Kier alpha value is -3.36. The molecule has 0 unspecified atom stereocenters. The number of benzene rings is 2. The van der Waals surface area contributed by atoms with Gasteiger partial charge in [0.05, 0.1) is 24.6 Å². The molecule has 1 aliphatic heterocycles. The van der Waals surface area contributed by atoms with Crippen LogP contribution in [-0.2, 0) is 16.6 Å². The molecule has 2 heterocycles. The third-order valence-corrected chi connectivity index (χ3v) is 6.61. The highest BCUT2D eigenvalue weighted by Crippen LogP contribution is 2.29. The molecule has 0 atom stereocenters. The number of ether oxygens (including phenoxy) is 1. The number of H-pyrrole nitrogens is 1. The van der Waals surface area contributed by atoms with Crippen molar-refractivity contribution in [1.29, 1.82) is 0 Å². The summed E-state index contributed by atoms with van der Waals surface area (Å²) in [5.74, 6) is -0.285. The van der Waals surface area contributed by atoms with E-state index in [9.17, 15) is 9.59 Å². The van der Waals surface area contributed by atoms with Crippen molar-refractivity contribution in [2.24, 2.45) is 0 Å². The van der Waals surface area contributed by atoms with Gasteiger partial charge in [0.1, 0.15) is 5.69 Å². The Labute approximate surface area is 212 Å². The zero-order valence-electron chi connectivity index (χ0n) is 21.7. The molecule has 192 valence electrons. The maximum absolute atomic E-state index is 13.0. The van der Waals surface area contributed by atoms with E-state index < -0.39 is 6.03 Å². The van der Waals surface area contributed by atoms with Crippen molar-refractivity contribution in [3.63, 3.8) is 0 Å². The number of carbonyl (C=O) groups excluding carboxylic acids is 2. The summed E-state index contributed by atoms with van der Waals surface area (Å²) in [6.45, 7) is 10.8. The smallest absolute Gasteiger partial charge is 0.323 e. The van der Waals surface area contributed by atoms with Crippen LogP contribution in [0.15, 0.2) is 42.5 Å². The van der Waals surface area contributed by atoms with Crippen molar-refractivity contribution in [1.82, 2.24) is 15.2 Å². The minimum Gasteiger partial charge on any atom is -0.379 e. The minimum atomic E-state index is -0.398. The molecular formula is C28H37N5O3. The topological polar surface area (TPSA) is 98.5 Å². The summed E-state index contributed by atoms with van der Waals surface area (Å²) in [5.41, 5.74) is 3.44. The van der Waals surface area contributed by atoms with Crippen molar-refractivity contribution in [2.45, 2.75) is 39.0 Å². The highest BCUT2D eigenvalue weighted by Gasteiger charge is 2.23. The van der Waals surface area contributed by atoms with Crippen molar-refractivity contribution in [2.75, 3.05) is 50.5 Å². The maximum atomic E-state index is 13.0. The summed E-state index contributed by atoms with van der Waals surface area (Å²) >= 11 is 0. The Morgan fingerprint density at radius 1 is 1.00 bits per heavy atom. The van der Waals surface area contributed by atoms with Gasteiger partial charge in [-0.15, -0.1) is 0 Å². The molecule has 3 aromatic rings. The standard InChI is InChI=1S/C28H37N5O3/c1-28(2,3)24-18-23(25(32-24)26(34)29-4)31-27(35)30-22-12-11-19(20-9-5-6-10-21(20)22)8-7-13-33-14-16-36-17-15-33/h5-6,9-12,18,32H,7-8,13-17H2,1-4H3,(H,29,34)(H2,30,31,35). The average molecular weight is 492 g/mol. The molecule has 1 fully saturated rings. The van der Waals surface area contributed by atoms with E-state index in [1.165, 1.54) is 5.56 Å². The highest BCUT2D eigenvalue weighted by atomic mass is 16.5. The monoisotopic (exact) mass is 491 g/mol. The van der Waals surface area contributed by atoms with Crippen LogP contribution >= 0.6 is 0 Å². The van der Waals surface area contributed by atoms with Gasteiger partial charge in [0.25, 0.3) is 5.91 Å². The number of aromatic nitrogens is 1. The number of fused-ring (bicyclic) bond motifs is 1. The number of carbonyl (C=O) groups is 2. The zero-order valence-corrected chi connectivity index (χ0v) is 21.7. The van der Waals surface area contributed by atoms with Crippen LogP contribution in [0.4, 0.5) is 16.2 Å². The summed E-state index contributed by atoms with van der Waals surface area (Å²) in [6.07, 6.45) is 2.04. The summed E-state index contributed by atoms with van der Waals surface area (Å²) < 4.78 is 5.44. The van der Waals surface area contributed by atoms with Crippen LogP contribution in [0.25, 0.3) is 10.8 Å². The van der Waals surface area contributed by atoms with Gasteiger partial charge in [0.15, 0.2) is 0 Å². The SMILES string of the molecule is CNC(=O)c1[nH]c(C(C)(C)C)cc1NC(=O)Nc1ccc(CCCN2CCOCC2)c2ccccc12. The first-order chi connectivity index (χ1) is 17.3. The number of aromatic amines is 1. The lowest BCUT2D eigenvalue weighted by Crippen LogP contribution is -2.36. The number of aryl methyl sites for hydroxylation is 1. The van der Waals surface area contributed by atoms with E-state index in [2.05, 4.69) is 38.0 Å². The molecule has 0 spiro atoms. The molecule has 2 aromatic carbocycles. The Morgan fingerprint density at radius 2 is 1.69 bits per heavy atom. The molecule has 0 radical (unpaired) electrons. The Bertz CT molecular complexity index is 1220. The maximum Gasteiger partial charge on any atom is 0.323 e. The summed E-state index contributed by atoms with van der Waals surface area (Å²) in [6, 6.07) is 13.6. The number of hydrogen-bond acceptors (Lipinski definition) is 4. The molecule has 8 heteroatoms. The summed E-state index contributed by atoms with van der Waals surface area (Å²) in [5, 5.41) is 10.6. The van der Waals surface area contributed by atoms with Gasteiger partial charge in [-0.2, -0.15) is 0 Å². The number of anilines is 2. The van der Waals surface area contributed by atoms with Gasteiger partial charge in [0, 0.05) is 36.6 Å². The molecule has 0 aliphatic carbocycles.